The maximum Gasteiger partial charge on any atom is 0.259 e. The highest BCUT2D eigenvalue weighted by Gasteiger charge is 2.26. The van der Waals surface area contributed by atoms with Crippen LogP contribution in [0.25, 0.3) is 0 Å². The van der Waals surface area contributed by atoms with Gasteiger partial charge >= 0.3 is 0 Å². The van der Waals surface area contributed by atoms with E-state index in [2.05, 4.69) is 4.98 Å². The van der Waals surface area contributed by atoms with Gasteiger partial charge in [0.2, 0.25) is 5.88 Å². The highest BCUT2D eigenvalue weighted by molar-refractivity contribution is 5.96. The molecule has 1 aliphatic heterocycles. The Morgan fingerprint density at radius 2 is 2.04 bits per heavy atom. The lowest BCUT2D eigenvalue weighted by Crippen LogP contribution is -2.34. The minimum Gasteiger partial charge on any atom is -0.493 e. The Balaban J connectivity index is 1.67. The fourth-order valence-electron chi connectivity index (χ4n) is 3.83. The number of para-hydroxylation sites is 1. The summed E-state index contributed by atoms with van der Waals surface area (Å²) in [6.07, 6.45) is 3.76. The summed E-state index contributed by atoms with van der Waals surface area (Å²) in [5.74, 6) is 1.78. The number of aromatic nitrogens is 1. The van der Waals surface area contributed by atoms with Crippen LogP contribution in [0.5, 0.6) is 17.4 Å². The number of pyridine rings is 1. The van der Waals surface area contributed by atoms with Gasteiger partial charge in [-0.3, -0.25) is 4.79 Å². The summed E-state index contributed by atoms with van der Waals surface area (Å²) in [5.41, 5.74) is 3.70. The van der Waals surface area contributed by atoms with Crippen LogP contribution in [0.1, 0.15) is 40.0 Å². The molecule has 0 spiro atoms. The van der Waals surface area contributed by atoms with E-state index in [1.165, 1.54) is 0 Å². The molecule has 1 aliphatic carbocycles. The van der Waals surface area contributed by atoms with Crippen molar-refractivity contribution in [3.8, 4) is 17.4 Å². The van der Waals surface area contributed by atoms with E-state index in [0.29, 0.717) is 36.9 Å². The van der Waals surface area contributed by atoms with Crippen molar-refractivity contribution in [2.45, 2.75) is 32.2 Å². The number of fused-ring (bicyclic) bond motifs is 2. The van der Waals surface area contributed by atoms with Gasteiger partial charge in [0, 0.05) is 24.3 Å². The molecule has 6 nitrogen and oxygen atoms in total. The minimum atomic E-state index is -0.0512. The van der Waals surface area contributed by atoms with E-state index in [9.17, 15) is 4.79 Å². The molecular formula is C21H24N2O4. The predicted octanol–water partition coefficient (Wildman–Crippen LogP) is 3.01. The number of ether oxygens (including phenoxy) is 3. The summed E-state index contributed by atoms with van der Waals surface area (Å²) in [4.78, 5) is 19.8. The maximum atomic E-state index is 13.3. The first-order chi connectivity index (χ1) is 13.2. The zero-order valence-corrected chi connectivity index (χ0v) is 15.8. The van der Waals surface area contributed by atoms with Crippen molar-refractivity contribution in [2.24, 2.45) is 0 Å². The van der Waals surface area contributed by atoms with Crippen molar-refractivity contribution in [3.05, 3.63) is 46.6 Å². The Labute approximate surface area is 159 Å². The van der Waals surface area contributed by atoms with Gasteiger partial charge in [0.05, 0.1) is 20.8 Å². The SMILES string of the molecule is COc1cccc2c1OCCCN(C(=O)c1cc3c(nc1OC)CCC3)C2. The van der Waals surface area contributed by atoms with Gasteiger partial charge in [-0.1, -0.05) is 12.1 Å². The zero-order valence-electron chi connectivity index (χ0n) is 15.8. The first-order valence-corrected chi connectivity index (χ1v) is 9.36. The molecule has 0 unspecified atom stereocenters. The quantitative estimate of drug-likeness (QED) is 0.833. The number of hydrogen-bond donors (Lipinski definition) is 0. The van der Waals surface area contributed by atoms with E-state index >= 15 is 0 Å². The average Bonchev–Trinajstić information content (AvgIpc) is 3.14. The lowest BCUT2D eigenvalue weighted by atomic mass is 10.1. The molecule has 1 aromatic heterocycles. The Kier molecular flexibility index (Phi) is 4.88. The van der Waals surface area contributed by atoms with E-state index in [4.69, 9.17) is 14.2 Å². The van der Waals surface area contributed by atoms with Gasteiger partial charge in [-0.25, -0.2) is 4.98 Å². The molecule has 1 amide bonds. The molecule has 0 saturated carbocycles. The van der Waals surface area contributed by atoms with Crippen molar-refractivity contribution in [1.82, 2.24) is 9.88 Å². The topological polar surface area (TPSA) is 60.9 Å². The monoisotopic (exact) mass is 368 g/mol. The van der Waals surface area contributed by atoms with Crippen LogP contribution in [-0.4, -0.2) is 43.2 Å². The van der Waals surface area contributed by atoms with Crippen LogP contribution in [0, 0.1) is 0 Å². The zero-order chi connectivity index (χ0) is 18.8. The summed E-state index contributed by atoms with van der Waals surface area (Å²) in [6.45, 7) is 1.62. The second kappa shape index (κ2) is 7.47. The second-order valence-corrected chi connectivity index (χ2v) is 6.88. The van der Waals surface area contributed by atoms with Crippen LogP contribution in [0.4, 0.5) is 0 Å². The average molecular weight is 368 g/mol. The Morgan fingerprint density at radius 1 is 1.15 bits per heavy atom. The number of carbonyl (C=O) groups excluding carboxylic acids is 1. The summed E-state index contributed by atoms with van der Waals surface area (Å²) in [6, 6.07) is 7.74. The van der Waals surface area contributed by atoms with E-state index < -0.39 is 0 Å². The number of methoxy groups -OCH3 is 2. The first-order valence-electron chi connectivity index (χ1n) is 9.36. The number of rotatable bonds is 3. The predicted molar refractivity (Wildman–Crippen MR) is 101 cm³/mol. The maximum absolute atomic E-state index is 13.3. The van der Waals surface area contributed by atoms with Gasteiger partial charge < -0.3 is 19.1 Å². The second-order valence-electron chi connectivity index (χ2n) is 6.88. The fraction of sp³-hybridized carbons (Fsp3) is 0.429. The summed E-state index contributed by atoms with van der Waals surface area (Å²) in [7, 11) is 3.20. The standard InChI is InChI=1S/C21H24N2O4/c1-25-18-9-4-7-15-13-23(10-5-11-27-19(15)18)21(24)16-12-14-6-3-8-17(14)22-20(16)26-2/h4,7,9,12H,3,5-6,8,10-11,13H2,1-2H3. The highest BCUT2D eigenvalue weighted by atomic mass is 16.5. The molecule has 27 heavy (non-hydrogen) atoms. The van der Waals surface area contributed by atoms with E-state index in [1.54, 1.807) is 14.2 Å². The third kappa shape index (κ3) is 3.31. The normalized spacial score (nSPS) is 15.9. The molecule has 6 heteroatoms. The van der Waals surface area contributed by atoms with Gasteiger partial charge in [0.25, 0.3) is 5.91 Å². The Morgan fingerprint density at radius 3 is 2.85 bits per heavy atom. The van der Waals surface area contributed by atoms with Gasteiger partial charge in [-0.2, -0.15) is 0 Å². The summed E-state index contributed by atoms with van der Waals surface area (Å²) >= 11 is 0. The van der Waals surface area contributed by atoms with Crippen molar-refractivity contribution in [2.75, 3.05) is 27.4 Å². The molecule has 0 bridgehead atoms. The molecule has 4 rings (SSSR count). The van der Waals surface area contributed by atoms with Crippen LogP contribution in [-0.2, 0) is 19.4 Å². The number of aryl methyl sites for hydroxylation is 2. The number of amides is 1. The molecule has 2 heterocycles. The van der Waals surface area contributed by atoms with Crippen molar-refractivity contribution in [3.63, 3.8) is 0 Å². The Bertz CT molecular complexity index is 866. The van der Waals surface area contributed by atoms with Crippen LogP contribution < -0.4 is 14.2 Å². The van der Waals surface area contributed by atoms with E-state index in [0.717, 1.165) is 48.3 Å². The smallest absolute Gasteiger partial charge is 0.259 e. The minimum absolute atomic E-state index is 0.0512. The summed E-state index contributed by atoms with van der Waals surface area (Å²) < 4.78 is 16.7. The molecule has 2 aromatic rings. The first kappa shape index (κ1) is 17.6. The van der Waals surface area contributed by atoms with Crippen molar-refractivity contribution < 1.29 is 19.0 Å². The van der Waals surface area contributed by atoms with Crippen LogP contribution >= 0.6 is 0 Å². The van der Waals surface area contributed by atoms with E-state index in [1.807, 2.05) is 29.2 Å². The Hall–Kier alpha value is -2.76. The van der Waals surface area contributed by atoms with Gasteiger partial charge in [-0.15, -0.1) is 0 Å². The van der Waals surface area contributed by atoms with E-state index in [-0.39, 0.29) is 5.91 Å². The molecule has 0 fully saturated rings. The number of benzene rings is 1. The molecule has 142 valence electrons. The lowest BCUT2D eigenvalue weighted by molar-refractivity contribution is 0.0717. The number of hydrogen-bond acceptors (Lipinski definition) is 5. The molecular weight excluding hydrogens is 344 g/mol. The van der Waals surface area contributed by atoms with Gasteiger partial charge in [0.1, 0.15) is 5.56 Å². The molecule has 0 saturated heterocycles. The number of carbonyl (C=O) groups is 1. The van der Waals surface area contributed by atoms with Gasteiger partial charge in [-0.05, 0) is 43.4 Å². The van der Waals surface area contributed by atoms with Crippen LogP contribution in [0.2, 0.25) is 0 Å². The van der Waals surface area contributed by atoms with Crippen molar-refractivity contribution in [1.29, 1.82) is 0 Å². The largest absolute Gasteiger partial charge is 0.493 e. The molecule has 0 N–H and O–H groups in total. The third-order valence-corrected chi connectivity index (χ3v) is 5.19. The number of nitrogens with zero attached hydrogens (tertiary/aromatic N) is 2. The summed E-state index contributed by atoms with van der Waals surface area (Å²) in [5, 5.41) is 0. The van der Waals surface area contributed by atoms with Crippen LogP contribution in [0.3, 0.4) is 0 Å². The lowest BCUT2D eigenvalue weighted by Gasteiger charge is -2.27. The third-order valence-electron chi connectivity index (χ3n) is 5.19. The van der Waals surface area contributed by atoms with Crippen LogP contribution in [0.15, 0.2) is 24.3 Å². The molecule has 1 aromatic carbocycles. The molecule has 0 radical (unpaired) electrons. The van der Waals surface area contributed by atoms with Gasteiger partial charge in [0.15, 0.2) is 11.5 Å². The highest BCUT2D eigenvalue weighted by Crippen LogP contribution is 2.34. The fourth-order valence-corrected chi connectivity index (χ4v) is 3.83. The molecule has 2 aliphatic rings. The molecule has 0 atom stereocenters. The van der Waals surface area contributed by atoms with Crippen molar-refractivity contribution >= 4 is 5.91 Å².